The maximum absolute atomic E-state index is 12.0. The fraction of sp³-hybridized carbons (Fsp3) is 0.312. The number of fused-ring (bicyclic) bond motifs is 1. The molecule has 3 aromatic rings. The van der Waals surface area contributed by atoms with E-state index in [-0.39, 0.29) is 5.75 Å². The van der Waals surface area contributed by atoms with Crippen molar-refractivity contribution in [3.8, 4) is 0 Å². The molecular formula is C16H19N5O2S2. The molecule has 0 unspecified atom stereocenters. The van der Waals surface area contributed by atoms with Crippen LogP contribution in [-0.2, 0) is 16.4 Å². The van der Waals surface area contributed by atoms with Crippen molar-refractivity contribution >= 4 is 27.4 Å². The van der Waals surface area contributed by atoms with Crippen molar-refractivity contribution in [2.45, 2.75) is 17.9 Å². The summed E-state index contributed by atoms with van der Waals surface area (Å²) in [6.45, 7) is 0.366. The molecule has 0 bridgehead atoms. The monoisotopic (exact) mass is 377 g/mol. The summed E-state index contributed by atoms with van der Waals surface area (Å²) in [5, 5.41) is 5.25. The van der Waals surface area contributed by atoms with Gasteiger partial charge in [0.05, 0.1) is 5.75 Å². The molecule has 9 heteroatoms. The van der Waals surface area contributed by atoms with E-state index in [1.165, 1.54) is 11.8 Å². The maximum atomic E-state index is 12.0. The van der Waals surface area contributed by atoms with Gasteiger partial charge >= 0.3 is 0 Å². The number of rotatable bonds is 9. The molecule has 3 heterocycles. The Kier molecular flexibility index (Phi) is 6.00. The number of nitrogens with one attached hydrogen (secondary N) is 1. The highest BCUT2D eigenvalue weighted by Gasteiger charge is 2.10. The molecule has 0 amide bonds. The van der Waals surface area contributed by atoms with Gasteiger partial charge in [-0.1, -0.05) is 6.07 Å². The van der Waals surface area contributed by atoms with Gasteiger partial charge in [-0.2, -0.15) is 5.10 Å². The normalized spacial score (nSPS) is 11.8. The summed E-state index contributed by atoms with van der Waals surface area (Å²) in [4.78, 5) is 8.31. The van der Waals surface area contributed by atoms with E-state index >= 15 is 0 Å². The molecule has 3 rings (SSSR count). The van der Waals surface area contributed by atoms with Crippen LogP contribution in [0.4, 0.5) is 0 Å². The molecule has 0 atom stereocenters. The summed E-state index contributed by atoms with van der Waals surface area (Å²) in [5.41, 5.74) is 1.67. The second kappa shape index (κ2) is 8.41. The highest BCUT2D eigenvalue weighted by atomic mass is 32.2. The van der Waals surface area contributed by atoms with Crippen molar-refractivity contribution in [2.75, 3.05) is 18.1 Å². The van der Waals surface area contributed by atoms with Crippen LogP contribution in [0.2, 0.25) is 0 Å². The largest absolute Gasteiger partial charge is 0.261 e. The summed E-state index contributed by atoms with van der Waals surface area (Å²) in [6, 6.07) is 9.40. The Balaban J connectivity index is 1.38. The Bertz CT molecular complexity index is 912. The summed E-state index contributed by atoms with van der Waals surface area (Å²) < 4.78 is 28.3. The molecule has 1 N–H and O–H groups in total. The number of nitrogens with zero attached hydrogens (tertiary/aromatic N) is 4. The highest BCUT2D eigenvalue weighted by molar-refractivity contribution is 7.99. The highest BCUT2D eigenvalue weighted by Crippen LogP contribution is 2.16. The summed E-state index contributed by atoms with van der Waals surface area (Å²) in [5.74, 6) is 0.796. The first-order valence-electron chi connectivity index (χ1n) is 7.93. The SMILES string of the molecule is O=S(=O)(CCCSc1ccc2nccn2n1)NCCc1ccccn1. The van der Waals surface area contributed by atoms with Crippen LogP contribution in [0.1, 0.15) is 12.1 Å². The van der Waals surface area contributed by atoms with Crippen LogP contribution in [0, 0.1) is 0 Å². The minimum atomic E-state index is -3.26. The van der Waals surface area contributed by atoms with Crippen LogP contribution in [0.15, 0.2) is 53.9 Å². The Morgan fingerprint density at radius 2 is 2.04 bits per heavy atom. The van der Waals surface area contributed by atoms with Gasteiger partial charge in [-0.15, -0.1) is 11.8 Å². The number of sulfonamides is 1. The average molecular weight is 377 g/mol. The lowest BCUT2D eigenvalue weighted by Crippen LogP contribution is -2.28. The maximum Gasteiger partial charge on any atom is 0.211 e. The Labute approximate surface area is 150 Å². The molecule has 0 aliphatic heterocycles. The molecule has 0 saturated heterocycles. The van der Waals surface area contributed by atoms with Crippen molar-refractivity contribution in [3.63, 3.8) is 0 Å². The van der Waals surface area contributed by atoms with Gasteiger partial charge in [-0.05, 0) is 30.7 Å². The van der Waals surface area contributed by atoms with Crippen LogP contribution < -0.4 is 4.72 Å². The van der Waals surface area contributed by atoms with Crippen molar-refractivity contribution in [2.24, 2.45) is 0 Å². The lowest BCUT2D eigenvalue weighted by atomic mass is 10.3. The standard InChI is InChI=1S/C16H19N5O2S2/c22-25(23,19-9-7-14-4-1-2-8-17-14)13-3-12-24-16-6-5-15-18-10-11-21(15)20-16/h1-2,4-6,8,10-11,19H,3,7,9,12-13H2. The van der Waals surface area contributed by atoms with E-state index in [1.807, 2.05) is 30.3 Å². The van der Waals surface area contributed by atoms with E-state index in [0.717, 1.165) is 16.4 Å². The van der Waals surface area contributed by atoms with E-state index in [0.29, 0.717) is 25.1 Å². The van der Waals surface area contributed by atoms with Gasteiger partial charge < -0.3 is 0 Å². The molecule has 0 fully saturated rings. The molecule has 0 aromatic carbocycles. The lowest BCUT2D eigenvalue weighted by molar-refractivity contribution is 0.580. The minimum Gasteiger partial charge on any atom is -0.261 e. The zero-order chi connectivity index (χ0) is 17.5. The molecule has 7 nitrogen and oxygen atoms in total. The van der Waals surface area contributed by atoms with Gasteiger partial charge in [0.15, 0.2) is 5.65 Å². The molecule has 0 aliphatic rings. The van der Waals surface area contributed by atoms with Gasteiger partial charge in [0.2, 0.25) is 10.0 Å². The van der Waals surface area contributed by atoms with Gasteiger partial charge in [0, 0.05) is 43.0 Å². The Hall–Kier alpha value is -1.97. The van der Waals surface area contributed by atoms with E-state index < -0.39 is 10.0 Å². The van der Waals surface area contributed by atoms with E-state index in [2.05, 4.69) is 19.8 Å². The fourth-order valence-corrected chi connectivity index (χ4v) is 4.33. The number of hydrogen-bond donors (Lipinski definition) is 1. The number of thioether (sulfide) groups is 1. The lowest BCUT2D eigenvalue weighted by Gasteiger charge is -2.06. The second-order valence-electron chi connectivity index (χ2n) is 5.39. The zero-order valence-electron chi connectivity index (χ0n) is 13.6. The number of pyridine rings is 1. The molecule has 0 aliphatic carbocycles. The molecule has 25 heavy (non-hydrogen) atoms. The summed E-state index contributed by atoms with van der Waals surface area (Å²) in [7, 11) is -3.26. The van der Waals surface area contributed by atoms with E-state index in [4.69, 9.17) is 0 Å². The first-order chi connectivity index (χ1) is 12.1. The number of aromatic nitrogens is 4. The first-order valence-corrected chi connectivity index (χ1v) is 10.6. The third-order valence-electron chi connectivity index (χ3n) is 3.47. The predicted molar refractivity (Wildman–Crippen MR) is 98.1 cm³/mol. The number of hydrogen-bond acceptors (Lipinski definition) is 6. The Morgan fingerprint density at radius 3 is 2.88 bits per heavy atom. The first kappa shape index (κ1) is 17.8. The predicted octanol–water partition coefficient (Wildman–Crippen LogP) is 1.77. The third-order valence-corrected chi connectivity index (χ3v) is 5.94. The third kappa shape index (κ3) is 5.52. The molecule has 132 valence electrons. The topological polar surface area (TPSA) is 89.2 Å². The van der Waals surface area contributed by atoms with Crippen molar-refractivity contribution in [3.05, 3.63) is 54.6 Å². The van der Waals surface area contributed by atoms with Crippen molar-refractivity contribution < 1.29 is 8.42 Å². The van der Waals surface area contributed by atoms with Gasteiger partial charge in [-0.25, -0.2) is 22.6 Å². The molecule has 0 radical (unpaired) electrons. The van der Waals surface area contributed by atoms with Crippen LogP contribution in [0.3, 0.4) is 0 Å². The molecule has 3 aromatic heterocycles. The molecular weight excluding hydrogens is 358 g/mol. The Morgan fingerprint density at radius 1 is 1.12 bits per heavy atom. The van der Waals surface area contributed by atoms with Crippen molar-refractivity contribution in [1.29, 1.82) is 0 Å². The smallest absolute Gasteiger partial charge is 0.211 e. The minimum absolute atomic E-state index is 0.107. The van der Waals surface area contributed by atoms with E-state index in [9.17, 15) is 8.42 Å². The molecule has 0 spiro atoms. The van der Waals surface area contributed by atoms with Gasteiger partial charge in [-0.3, -0.25) is 4.98 Å². The summed E-state index contributed by atoms with van der Waals surface area (Å²) in [6.07, 6.45) is 6.34. The average Bonchev–Trinajstić information content (AvgIpc) is 3.07. The van der Waals surface area contributed by atoms with Crippen molar-refractivity contribution in [1.82, 2.24) is 24.3 Å². The fourth-order valence-electron chi connectivity index (χ4n) is 2.25. The summed E-state index contributed by atoms with van der Waals surface area (Å²) >= 11 is 1.54. The molecule has 0 saturated carbocycles. The van der Waals surface area contributed by atoms with Crippen LogP contribution >= 0.6 is 11.8 Å². The van der Waals surface area contributed by atoms with Crippen LogP contribution in [0.25, 0.3) is 5.65 Å². The quantitative estimate of drug-likeness (QED) is 0.452. The van der Waals surface area contributed by atoms with Crippen LogP contribution in [-0.4, -0.2) is 46.1 Å². The zero-order valence-corrected chi connectivity index (χ0v) is 15.2. The van der Waals surface area contributed by atoms with Gasteiger partial charge in [0.25, 0.3) is 0 Å². The number of imidazole rings is 1. The van der Waals surface area contributed by atoms with E-state index in [1.54, 1.807) is 23.1 Å². The second-order valence-corrected chi connectivity index (χ2v) is 8.43. The van der Waals surface area contributed by atoms with Crippen LogP contribution in [0.5, 0.6) is 0 Å². The van der Waals surface area contributed by atoms with Gasteiger partial charge in [0.1, 0.15) is 5.03 Å².